The number of benzene rings is 2. The van der Waals surface area contributed by atoms with Crippen LogP contribution in [0.1, 0.15) is 5.56 Å². The van der Waals surface area contributed by atoms with E-state index in [9.17, 15) is 22.8 Å². The molecule has 0 aromatic heterocycles. The lowest BCUT2D eigenvalue weighted by Crippen LogP contribution is -2.40. The molecule has 12 heteroatoms. The Hall–Kier alpha value is -2.99. The minimum atomic E-state index is -3.80. The van der Waals surface area contributed by atoms with E-state index in [4.69, 9.17) is 16.3 Å². The maximum atomic E-state index is 12.9. The average molecular weight is 507 g/mol. The van der Waals surface area contributed by atoms with Crippen LogP contribution in [0, 0.1) is 0 Å². The first-order valence-electron chi connectivity index (χ1n) is 10.6. The molecule has 0 unspecified atom stereocenters. The van der Waals surface area contributed by atoms with Crippen molar-refractivity contribution in [2.75, 3.05) is 38.2 Å². The van der Waals surface area contributed by atoms with Crippen molar-refractivity contribution >= 4 is 45.2 Å². The van der Waals surface area contributed by atoms with Crippen LogP contribution < -0.4 is 10.6 Å². The van der Waals surface area contributed by atoms with Crippen LogP contribution in [0.5, 0.6) is 0 Å². The molecule has 180 valence electrons. The maximum Gasteiger partial charge on any atom is 0.325 e. The predicted molar refractivity (Wildman–Crippen MR) is 124 cm³/mol. The van der Waals surface area contributed by atoms with Crippen molar-refractivity contribution < 1.29 is 27.5 Å². The number of carbonyl (C=O) groups excluding carboxylic acids is 3. The van der Waals surface area contributed by atoms with Crippen LogP contribution in [0.3, 0.4) is 0 Å². The Morgan fingerprint density at radius 2 is 1.82 bits per heavy atom. The van der Waals surface area contributed by atoms with E-state index in [0.29, 0.717) is 19.6 Å². The van der Waals surface area contributed by atoms with Crippen molar-refractivity contribution in [3.05, 3.63) is 59.1 Å². The van der Waals surface area contributed by atoms with Crippen LogP contribution in [0.15, 0.2) is 53.4 Å². The Morgan fingerprint density at radius 3 is 2.53 bits per heavy atom. The number of morpholine rings is 1. The second-order valence-corrected chi connectivity index (χ2v) is 10.2. The van der Waals surface area contributed by atoms with E-state index in [1.54, 1.807) is 0 Å². The molecule has 4 amide bonds. The zero-order chi connectivity index (χ0) is 24.3. The minimum Gasteiger partial charge on any atom is -0.379 e. The Labute approximate surface area is 201 Å². The molecule has 10 nitrogen and oxygen atoms in total. The number of carbonyl (C=O) groups is 3. The Kier molecular flexibility index (Phi) is 7.17. The molecule has 4 rings (SSSR count). The summed E-state index contributed by atoms with van der Waals surface area (Å²) in [5.41, 5.74) is 0.936. The first-order valence-corrected chi connectivity index (χ1v) is 12.4. The lowest BCUT2D eigenvalue weighted by atomic mass is 10.1. The van der Waals surface area contributed by atoms with E-state index >= 15 is 0 Å². The molecular formula is C22H23ClN4O6S. The van der Waals surface area contributed by atoms with Gasteiger partial charge in [-0.2, -0.15) is 4.31 Å². The average Bonchev–Trinajstić information content (AvgIpc) is 3.09. The third kappa shape index (κ3) is 5.22. The smallest absolute Gasteiger partial charge is 0.325 e. The number of nitrogens with one attached hydrogen (secondary N) is 2. The van der Waals surface area contributed by atoms with Crippen LogP contribution in [-0.4, -0.2) is 74.4 Å². The van der Waals surface area contributed by atoms with Crippen LogP contribution in [-0.2, 0) is 30.8 Å². The van der Waals surface area contributed by atoms with Crippen LogP contribution >= 0.6 is 11.6 Å². The topological polar surface area (TPSA) is 125 Å². The van der Waals surface area contributed by atoms with Gasteiger partial charge in [0.1, 0.15) is 12.6 Å². The molecule has 2 heterocycles. The summed E-state index contributed by atoms with van der Waals surface area (Å²) in [6.07, 6.45) is 0.302. The number of urea groups is 1. The van der Waals surface area contributed by atoms with Gasteiger partial charge in [0.2, 0.25) is 15.9 Å². The Bertz CT molecular complexity index is 1200. The molecule has 2 saturated heterocycles. The molecular weight excluding hydrogens is 484 g/mol. The highest BCUT2D eigenvalue weighted by molar-refractivity contribution is 7.89. The summed E-state index contributed by atoms with van der Waals surface area (Å²) in [6, 6.07) is 11.7. The summed E-state index contributed by atoms with van der Waals surface area (Å²) in [6.45, 7) is 0.514. The summed E-state index contributed by atoms with van der Waals surface area (Å²) in [5.74, 6) is -1.20. The highest BCUT2D eigenvalue weighted by Crippen LogP contribution is 2.27. The highest BCUT2D eigenvalue weighted by atomic mass is 35.5. The molecule has 2 fully saturated rings. The Balaban J connectivity index is 1.43. The lowest BCUT2D eigenvalue weighted by molar-refractivity contribution is -0.130. The number of nitrogens with zero attached hydrogens (tertiary/aromatic N) is 2. The number of anilines is 1. The molecule has 0 saturated carbocycles. The summed E-state index contributed by atoms with van der Waals surface area (Å²) in [4.78, 5) is 38.4. The molecule has 34 heavy (non-hydrogen) atoms. The third-order valence-electron chi connectivity index (χ3n) is 5.51. The molecule has 0 spiro atoms. The van der Waals surface area contributed by atoms with E-state index in [0.717, 1.165) is 10.5 Å². The number of rotatable bonds is 7. The van der Waals surface area contributed by atoms with Gasteiger partial charge in [-0.15, -0.1) is 0 Å². The van der Waals surface area contributed by atoms with E-state index in [-0.39, 0.29) is 28.7 Å². The summed E-state index contributed by atoms with van der Waals surface area (Å²) in [7, 11) is -3.80. The molecule has 0 radical (unpaired) electrons. The van der Waals surface area contributed by atoms with Gasteiger partial charge >= 0.3 is 6.03 Å². The van der Waals surface area contributed by atoms with Crippen LogP contribution in [0.4, 0.5) is 10.5 Å². The van der Waals surface area contributed by atoms with Gasteiger partial charge < -0.3 is 15.4 Å². The standard InChI is InChI=1S/C22H23ClN4O6S/c23-17-7-6-16(34(31,32)26-8-10-33-11-9-26)13-18(17)24-20(28)14-27-21(29)19(25-22(27)30)12-15-4-2-1-3-5-15/h1-7,13,19H,8-12,14H2,(H,24,28)(H,25,30)/t19-/m0/s1. The second kappa shape index (κ2) is 10.1. The van der Waals surface area contributed by atoms with E-state index in [1.807, 2.05) is 30.3 Å². The van der Waals surface area contributed by atoms with Crippen LogP contribution in [0.25, 0.3) is 0 Å². The van der Waals surface area contributed by atoms with Gasteiger partial charge in [0, 0.05) is 19.5 Å². The van der Waals surface area contributed by atoms with Gasteiger partial charge in [-0.3, -0.25) is 14.5 Å². The summed E-state index contributed by atoms with van der Waals surface area (Å²) >= 11 is 6.16. The van der Waals surface area contributed by atoms with Crippen molar-refractivity contribution in [1.82, 2.24) is 14.5 Å². The van der Waals surface area contributed by atoms with Gasteiger partial charge in [0.05, 0.1) is 28.8 Å². The van der Waals surface area contributed by atoms with Gasteiger partial charge in [-0.1, -0.05) is 41.9 Å². The molecule has 0 bridgehead atoms. The fraction of sp³-hybridized carbons (Fsp3) is 0.318. The van der Waals surface area contributed by atoms with Crippen molar-refractivity contribution in [3.63, 3.8) is 0 Å². The largest absolute Gasteiger partial charge is 0.379 e. The van der Waals surface area contributed by atoms with E-state index in [2.05, 4.69) is 10.6 Å². The van der Waals surface area contributed by atoms with Crippen molar-refractivity contribution in [2.24, 2.45) is 0 Å². The number of ether oxygens (including phenoxy) is 1. The first-order chi connectivity index (χ1) is 16.3. The molecule has 2 aliphatic heterocycles. The number of halogens is 1. The molecule has 2 N–H and O–H groups in total. The summed E-state index contributed by atoms with van der Waals surface area (Å²) < 4.78 is 32.3. The molecule has 2 aromatic carbocycles. The Morgan fingerprint density at radius 1 is 1.12 bits per heavy atom. The zero-order valence-corrected chi connectivity index (χ0v) is 19.6. The van der Waals surface area contributed by atoms with E-state index in [1.165, 1.54) is 22.5 Å². The monoisotopic (exact) mass is 506 g/mol. The highest BCUT2D eigenvalue weighted by Gasteiger charge is 2.39. The molecule has 1 atom stereocenters. The molecule has 2 aliphatic rings. The van der Waals surface area contributed by atoms with Gasteiger partial charge in [0.25, 0.3) is 5.91 Å². The van der Waals surface area contributed by atoms with Crippen molar-refractivity contribution in [2.45, 2.75) is 17.4 Å². The van der Waals surface area contributed by atoms with Crippen molar-refractivity contribution in [1.29, 1.82) is 0 Å². The number of hydrogen-bond acceptors (Lipinski definition) is 6. The first kappa shape index (κ1) is 24.1. The SMILES string of the molecule is O=C(CN1C(=O)N[C@@H](Cc2ccccc2)C1=O)Nc1cc(S(=O)(=O)N2CCOCC2)ccc1Cl. The van der Waals surface area contributed by atoms with Crippen molar-refractivity contribution in [3.8, 4) is 0 Å². The van der Waals surface area contributed by atoms with Gasteiger partial charge in [-0.25, -0.2) is 13.2 Å². The van der Waals surface area contributed by atoms with Gasteiger partial charge in [0.15, 0.2) is 0 Å². The number of hydrogen-bond donors (Lipinski definition) is 2. The third-order valence-corrected chi connectivity index (χ3v) is 7.74. The number of imide groups is 1. The predicted octanol–water partition coefficient (Wildman–Crippen LogP) is 1.46. The fourth-order valence-electron chi connectivity index (χ4n) is 3.74. The molecule has 2 aromatic rings. The summed E-state index contributed by atoms with van der Waals surface area (Å²) in [5, 5.41) is 5.21. The van der Waals surface area contributed by atoms with Crippen LogP contribution in [0.2, 0.25) is 5.02 Å². The maximum absolute atomic E-state index is 12.9. The lowest BCUT2D eigenvalue weighted by Gasteiger charge is -2.26. The quantitative estimate of drug-likeness (QED) is 0.548. The minimum absolute atomic E-state index is 0.0352. The molecule has 0 aliphatic carbocycles. The normalized spacial score (nSPS) is 19.2. The number of amides is 4. The zero-order valence-electron chi connectivity index (χ0n) is 18.1. The fourth-order valence-corrected chi connectivity index (χ4v) is 5.34. The van der Waals surface area contributed by atoms with E-state index < -0.39 is 40.5 Å². The van der Waals surface area contributed by atoms with Gasteiger partial charge in [-0.05, 0) is 23.8 Å². The second-order valence-electron chi connectivity index (χ2n) is 7.82. The number of sulfonamides is 1.